The highest BCUT2D eigenvalue weighted by Crippen LogP contribution is 2.30. The van der Waals surface area contributed by atoms with E-state index in [1.54, 1.807) is 0 Å². The third-order valence-corrected chi connectivity index (χ3v) is 5.31. The topological polar surface area (TPSA) is 35.0 Å². The van der Waals surface area contributed by atoms with Gasteiger partial charge in [-0.1, -0.05) is 76.4 Å². The number of unbranched alkanes of at least 4 members (excludes halogenated alkanes) is 2. The summed E-state index contributed by atoms with van der Waals surface area (Å²) < 4.78 is 5.80. The highest BCUT2D eigenvalue weighted by Gasteiger charge is 2.13. The average molecular weight is 389 g/mol. The molecule has 0 aliphatic heterocycles. The lowest BCUT2D eigenvalue weighted by Gasteiger charge is -2.15. The Labute approximate surface area is 175 Å². The third-order valence-electron chi connectivity index (χ3n) is 5.31. The molecule has 0 N–H and O–H groups in total. The second-order valence-corrected chi connectivity index (χ2v) is 7.65. The van der Waals surface area contributed by atoms with Crippen LogP contribution in [0.25, 0.3) is 22.5 Å². The molecule has 0 fully saturated rings. The molecule has 29 heavy (non-hydrogen) atoms. The normalized spacial score (nSPS) is 12.0. The van der Waals surface area contributed by atoms with Crippen molar-refractivity contribution in [3.8, 4) is 28.3 Å². The van der Waals surface area contributed by atoms with Gasteiger partial charge in [-0.05, 0) is 42.0 Å². The van der Waals surface area contributed by atoms with Gasteiger partial charge in [-0.15, -0.1) is 0 Å². The summed E-state index contributed by atoms with van der Waals surface area (Å²) in [6.07, 6.45) is 9.70. The first-order valence-corrected chi connectivity index (χ1v) is 10.9. The van der Waals surface area contributed by atoms with Crippen molar-refractivity contribution in [2.75, 3.05) is 6.61 Å². The van der Waals surface area contributed by atoms with Crippen molar-refractivity contribution in [2.45, 2.75) is 58.8 Å². The second kappa shape index (κ2) is 10.8. The number of ether oxygens (including phenoxy) is 1. The predicted octanol–water partition coefficient (Wildman–Crippen LogP) is 7.28. The van der Waals surface area contributed by atoms with E-state index in [0.717, 1.165) is 41.3 Å². The quantitative estimate of drug-likeness (QED) is 0.342. The highest BCUT2D eigenvalue weighted by molar-refractivity contribution is 5.66. The number of benzene rings is 2. The molecule has 0 amide bonds. The fourth-order valence-corrected chi connectivity index (χ4v) is 3.62. The molecule has 1 unspecified atom stereocenters. The van der Waals surface area contributed by atoms with E-state index in [0.29, 0.717) is 5.92 Å². The number of hydrogen-bond donors (Lipinski definition) is 0. The summed E-state index contributed by atoms with van der Waals surface area (Å²) in [7, 11) is 0. The van der Waals surface area contributed by atoms with Crippen molar-refractivity contribution in [3.05, 3.63) is 66.5 Å². The van der Waals surface area contributed by atoms with Crippen LogP contribution in [0.2, 0.25) is 0 Å². The Hall–Kier alpha value is -2.68. The molecule has 3 rings (SSSR count). The van der Waals surface area contributed by atoms with Gasteiger partial charge in [-0.3, -0.25) is 0 Å². The molecule has 0 saturated carbocycles. The van der Waals surface area contributed by atoms with Crippen molar-refractivity contribution in [1.29, 1.82) is 0 Å². The van der Waals surface area contributed by atoms with Gasteiger partial charge < -0.3 is 4.74 Å². The van der Waals surface area contributed by atoms with Crippen LogP contribution in [0.15, 0.2) is 60.9 Å². The maximum Gasteiger partial charge on any atom is 0.159 e. The van der Waals surface area contributed by atoms with Crippen LogP contribution < -0.4 is 4.74 Å². The van der Waals surface area contributed by atoms with Crippen LogP contribution in [0.4, 0.5) is 0 Å². The molecule has 2 aromatic carbocycles. The summed E-state index contributed by atoms with van der Waals surface area (Å²) in [6.45, 7) is 7.49. The van der Waals surface area contributed by atoms with E-state index in [4.69, 9.17) is 4.74 Å². The SMILES string of the molecule is CCCCCOc1ccc(-c2cnc(-c3ccccc3C(C)CCC)nc2)cc1. The second-order valence-electron chi connectivity index (χ2n) is 7.65. The van der Waals surface area contributed by atoms with Crippen LogP contribution in [-0.4, -0.2) is 16.6 Å². The maximum absolute atomic E-state index is 5.80. The van der Waals surface area contributed by atoms with Gasteiger partial charge >= 0.3 is 0 Å². The standard InChI is InChI=1S/C26H32N2O/c1-4-6-9-17-29-23-15-13-21(14-16-23)22-18-27-26(28-19-22)25-12-8-7-11-24(25)20(3)10-5-2/h7-8,11-16,18-20H,4-6,9-10,17H2,1-3H3. The average Bonchev–Trinajstić information content (AvgIpc) is 2.77. The molecule has 0 saturated heterocycles. The van der Waals surface area contributed by atoms with E-state index >= 15 is 0 Å². The van der Waals surface area contributed by atoms with Crippen molar-refractivity contribution >= 4 is 0 Å². The van der Waals surface area contributed by atoms with Crippen LogP contribution in [0, 0.1) is 0 Å². The van der Waals surface area contributed by atoms with Gasteiger partial charge in [-0.25, -0.2) is 9.97 Å². The molecule has 1 atom stereocenters. The summed E-state index contributed by atoms with van der Waals surface area (Å²) >= 11 is 0. The van der Waals surface area contributed by atoms with Crippen molar-refractivity contribution < 1.29 is 4.74 Å². The zero-order chi connectivity index (χ0) is 20.5. The molecule has 0 spiro atoms. The zero-order valence-electron chi connectivity index (χ0n) is 17.9. The van der Waals surface area contributed by atoms with E-state index in [1.165, 1.54) is 31.2 Å². The van der Waals surface area contributed by atoms with E-state index in [1.807, 2.05) is 24.5 Å². The molecule has 0 radical (unpaired) electrons. The minimum absolute atomic E-state index is 0.504. The lowest BCUT2D eigenvalue weighted by Crippen LogP contribution is -1.99. The van der Waals surface area contributed by atoms with Gasteiger partial charge in [0, 0.05) is 23.5 Å². The van der Waals surface area contributed by atoms with Gasteiger partial charge in [0.05, 0.1) is 6.61 Å². The van der Waals surface area contributed by atoms with Crippen LogP contribution in [0.3, 0.4) is 0 Å². The Morgan fingerprint density at radius 1 is 0.828 bits per heavy atom. The summed E-state index contributed by atoms with van der Waals surface area (Å²) in [4.78, 5) is 9.36. The van der Waals surface area contributed by atoms with Crippen molar-refractivity contribution in [1.82, 2.24) is 9.97 Å². The Kier molecular flexibility index (Phi) is 7.80. The lowest BCUT2D eigenvalue weighted by molar-refractivity contribution is 0.306. The molecule has 1 aromatic heterocycles. The molecule has 3 aromatic rings. The number of aromatic nitrogens is 2. The molecule has 1 heterocycles. The molecule has 0 aliphatic rings. The van der Waals surface area contributed by atoms with Gasteiger partial charge in [0.2, 0.25) is 0 Å². The Balaban J connectivity index is 1.73. The highest BCUT2D eigenvalue weighted by atomic mass is 16.5. The van der Waals surface area contributed by atoms with Crippen LogP contribution >= 0.6 is 0 Å². The van der Waals surface area contributed by atoms with Crippen LogP contribution in [0.1, 0.15) is 64.4 Å². The zero-order valence-corrected chi connectivity index (χ0v) is 17.9. The largest absolute Gasteiger partial charge is 0.494 e. The van der Waals surface area contributed by atoms with E-state index in [-0.39, 0.29) is 0 Å². The first kappa shape index (κ1) is 21.0. The Morgan fingerprint density at radius 2 is 1.55 bits per heavy atom. The predicted molar refractivity (Wildman–Crippen MR) is 121 cm³/mol. The first-order chi connectivity index (χ1) is 14.2. The molecule has 3 heteroatoms. The smallest absolute Gasteiger partial charge is 0.159 e. The van der Waals surface area contributed by atoms with Crippen molar-refractivity contribution in [3.63, 3.8) is 0 Å². The fraction of sp³-hybridized carbons (Fsp3) is 0.385. The van der Waals surface area contributed by atoms with Gasteiger partial charge in [0.15, 0.2) is 5.82 Å². The van der Waals surface area contributed by atoms with Gasteiger partial charge in [0.1, 0.15) is 5.75 Å². The van der Waals surface area contributed by atoms with Gasteiger partial charge in [0.25, 0.3) is 0 Å². The lowest BCUT2D eigenvalue weighted by atomic mass is 9.92. The summed E-state index contributed by atoms with van der Waals surface area (Å²) in [5, 5.41) is 0. The van der Waals surface area contributed by atoms with Crippen LogP contribution in [-0.2, 0) is 0 Å². The number of hydrogen-bond acceptors (Lipinski definition) is 3. The molecule has 3 nitrogen and oxygen atoms in total. The first-order valence-electron chi connectivity index (χ1n) is 10.9. The van der Waals surface area contributed by atoms with Crippen molar-refractivity contribution in [2.24, 2.45) is 0 Å². The molecule has 0 bridgehead atoms. The van der Waals surface area contributed by atoms with E-state index in [9.17, 15) is 0 Å². The Bertz CT molecular complexity index is 872. The van der Waals surface area contributed by atoms with E-state index < -0.39 is 0 Å². The fourth-order valence-electron chi connectivity index (χ4n) is 3.62. The monoisotopic (exact) mass is 388 g/mol. The molecule has 152 valence electrons. The summed E-state index contributed by atoms with van der Waals surface area (Å²) in [5.41, 5.74) is 4.58. The molecule has 0 aliphatic carbocycles. The van der Waals surface area contributed by atoms with Crippen LogP contribution in [0.5, 0.6) is 5.75 Å². The minimum atomic E-state index is 0.504. The summed E-state index contributed by atoms with van der Waals surface area (Å²) in [5.74, 6) is 2.22. The molecular formula is C26H32N2O. The molecular weight excluding hydrogens is 356 g/mol. The Morgan fingerprint density at radius 3 is 2.24 bits per heavy atom. The summed E-state index contributed by atoms with van der Waals surface area (Å²) in [6, 6.07) is 16.7. The third kappa shape index (κ3) is 5.66. The van der Waals surface area contributed by atoms with E-state index in [2.05, 4.69) is 67.1 Å². The number of rotatable bonds is 10. The minimum Gasteiger partial charge on any atom is -0.494 e. The maximum atomic E-state index is 5.80. The van der Waals surface area contributed by atoms with Gasteiger partial charge in [-0.2, -0.15) is 0 Å². The number of nitrogens with zero attached hydrogens (tertiary/aromatic N) is 2.